The van der Waals surface area contributed by atoms with Gasteiger partial charge in [-0.2, -0.15) is 0 Å². The fourth-order valence-electron chi connectivity index (χ4n) is 5.68. The summed E-state index contributed by atoms with van der Waals surface area (Å²) in [5.41, 5.74) is 1.34. The van der Waals surface area contributed by atoms with E-state index in [-0.39, 0.29) is 11.2 Å². The van der Waals surface area contributed by atoms with Crippen molar-refractivity contribution in [2.75, 3.05) is 0 Å². The van der Waals surface area contributed by atoms with Crippen molar-refractivity contribution in [2.45, 2.75) is 102 Å². The maximum absolute atomic E-state index is 12.5. The number of halogens is 3. The second-order valence-electron chi connectivity index (χ2n) is 9.05. The predicted octanol–water partition coefficient (Wildman–Crippen LogP) is 8.17. The van der Waals surface area contributed by atoms with E-state index in [9.17, 15) is 13.2 Å². The van der Waals surface area contributed by atoms with Crippen LogP contribution < -0.4 is 4.74 Å². The van der Waals surface area contributed by atoms with E-state index in [4.69, 9.17) is 0 Å². The van der Waals surface area contributed by atoms with Crippen molar-refractivity contribution in [3.05, 3.63) is 29.8 Å². The Morgan fingerprint density at radius 1 is 0.893 bits per heavy atom. The van der Waals surface area contributed by atoms with E-state index in [1.165, 1.54) is 94.7 Å². The van der Waals surface area contributed by atoms with Crippen LogP contribution in [0.25, 0.3) is 0 Å². The molecule has 2 fully saturated rings. The fraction of sp³-hybridized carbons (Fsp3) is 0.750. The first-order chi connectivity index (χ1) is 13.4. The molecule has 0 saturated heterocycles. The van der Waals surface area contributed by atoms with Gasteiger partial charge in [0.15, 0.2) is 0 Å². The molecule has 0 atom stereocenters. The molecule has 158 valence electrons. The number of benzene rings is 1. The zero-order valence-corrected chi connectivity index (χ0v) is 17.2. The van der Waals surface area contributed by atoms with Crippen molar-refractivity contribution >= 4 is 0 Å². The standard InChI is InChI=1S/C24H35F3O/c1-2-3-7-16-23(21-10-12-22(13-11-21)28-24(25,26)27)17-14-20(15-18-23)19-8-5-4-6-9-19/h10-13,19-20H,2-9,14-18H2,1H3. The Hall–Kier alpha value is -1.19. The maximum Gasteiger partial charge on any atom is 0.573 e. The van der Waals surface area contributed by atoms with Gasteiger partial charge >= 0.3 is 6.36 Å². The lowest BCUT2D eigenvalue weighted by Gasteiger charge is -2.44. The van der Waals surface area contributed by atoms with E-state index < -0.39 is 6.36 Å². The van der Waals surface area contributed by atoms with Gasteiger partial charge in [-0.25, -0.2) is 0 Å². The number of hydrogen-bond acceptors (Lipinski definition) is 1. The number of unbranched alkanes of at least 4 members (excludes halogenated alkanes) is 2. The Bertz CT molecular complexity index is 579. The molecule has 0 heterocycles. The number of alkyl halides is 3. The first-order valence-electron chi connectivity index (χ1n) is 11.3. The molecular formula is C24H35F3O. The third kappa shape index (κ3) is 5.67. The van der Waals surface area contributed by atoms with Crippen molar-refractivity contribution < 1.29 is 17.9 Å². The minimum Gasteiger partial charge on any atom is -0.406 e. The summed E-state index contributed by atoms with van der Waals surface area (Å²) in [5.74, 6) is 1.65. The Labute approximate surface area is 168 Å². The van der Waals surface area contributed by atoms with Gasteiger partial charge < -0.3 is 4.74 Å². The van der Waals surface area contributed by atoms with Crippen LogP contribution in [0.2, 0.25) is 0 Å². The Balaban J connectivity index is 1.70. The summed E-state index contributed by atoms with van der Waals surface area (Å²) in [6, 6.07) is 6.76. The van der Waals surface area contributed by atoms with Crippen LogP contribution in [-0.2, 0) is 5.41 Å². The van der Waals surface area contributed by atoms with Crippen molar-refractivity contribution in [2.24, 2.45) is 11.8 Å². The maximum atomic E-state index is 12.5. The lowest BCUT2D eigenvalue weighted by molar-refractivity contribution is -0.274. The smallest absolute Gasteiger partial charge is 0.406 e. The molecule has 1 nitrogen and oxygen atoms in total. The fourth-order valence-corrected chi connectivity index (χ4v) is 5.68. The Morgan fingerprint density at radius 3 is 2.07 bits per heavy atom. The van der Waals surface area contributed by atoms with Gasteiger partial charge in [0, 0.05) is 0 Å². The van der Waals surface area contributed by atoms with Crippen LogP contribution in [0.15, 0.2) is 24.3 Å². The van der Waals surface area contributed by atoms with E-state index in [0.717, 1.165) is 18.3 Å². The van der Waals surface area contributed by atoms with E-state index in [1.807, 2.05) is 12.1 Å². The monoisotopic (exact) mass is 396 g/mol. The second kappa shape index (κ2) is 9.54. The lowest BCUT2D eigenvalue weighted by atomic mass is 9.61. The Morgan fingerprint density at radius 2 is 1.50 bits per heavy atom. The van der Waals surface area contributed by atoms with Gasteiger partial charge in [0.2, 0.25) is 0 Å². The highest BCUT2D eigenvalue weighted by Gasteiger charge is 2.39. The normalized spacial score (nSPS) is 26.9. The topological polar surface area (TPSA) is 9.23 Å². The zero-order valence-electron chi connectivity index (χ0n) is 17.2. The quantitative estimate of drug-likeness (QED) is 0.422. The molecule has 0 unspecified atom stereocenters. The zero-order chi connectivity index (χ0) is 20.0. The summed E-state index contributed by atoms with van der Waals surface area (Å²) in [4.78, 5) is 0. The Kier molecular flexibility index (Phi) is 7.33. The molecular weight excluding hydrogens is 361 g/mol. The summed E-state index contributed by atoms with van der Waals surface area (Å²) in [6.07, 6.45) is 12.0. The van der Waals surface area contributed by atoms with Crippen molar-refractivity contribution in [1.82, 2.24) is 0 Å². The van der Waals surface area contributed by atoms with Gasteiger partial charge in [-0.05, 0) is 67.1 Å². The van der Waals surface area contributed by atoms with Gasteiger partial charge in [0.25, 0.3) is 0 Å². The van der Waals surface area contributed by atoms with Gasteiger partial charge in [-0.1, -0.05) is 70.4 Å². The van der Waals surface area contributed by atoms with Crippen LogP contribution in [0.1, 0.15) is 96.0 Å². The van der Waals surface area contributed by atoms with Crippen molar-refractivity contribution in [3.63, 3.8) is 0 Å². The molecule has 2 saturated carbocycles. The molecule has 0 N–H and O–H groups in total. The summed E-state index contributed by atoms with van der Waals surface area (Å²) < 4.78 is 41.5. The molecule has 1 aromatic carbocycles. The highest BCUT2D eigenvalue weighted by molar-refractivity contribution is 5.33. The molecule has 0 radical (unpaired) electrons. The predicted molar refractivity (Wildman–Crippen MR) is 107 cm³/mol. The van der Waals surface area contributed by atoms with Gasteiger partial charge in [0.1, 0.15) is 5.75 Å². The summed E-state index contributed by atoms with van der Waals surface area (Å²) in [5, 5.41) is 0. The minimum atomic E-state index is -4.63. The van der Waals surface area contributed by atoms with Crippen LogP contribution in [0.5, 0.6) is 5.75 Å². The van der Waals surface area contributed by atoms with Crippen LogP contribution in [0.3, 0.4) is 0 Å². The summed E-state index contributed by atoms with van der Waals surface area (Å²) >= 11 is 0. The molecule has 2 aliphatic rings. The molecule has 3 rings (SSSR count). The third-order valence-electron chi connectivity index (χ3n) is 7.26. The lowest BCUT2D eigenvalue weighted by Crippen LogP contribution is -2.34. The highest BCUT2D eigenvalue weighted by atomic mass is 19.4. The van der Waals surface area contributed by atoms with E-state index in [2.05, 4.69) is 11.7 Å². The average molecular weight is 397 g/mol. The van der Waals surface area contributed by atoms with E-state index in [1.54, 1.807) is 0 Å². The minimum absolute atomic E-state index is 0.115. The van der Waals surface area contributed by atoms with Crippen molar-refractivity contribution in [1.29, 1.82) is 0 Å². The first kappa shape index (κ1) is 21.5. The van der Waals surface area contributed by atoms with Crippen molar-refractivity contribution in [3.8, 4) is 5.75 Å². The molecule has 0 aromatic heterocycles. The molecule has 2 aliphatic carbocycles. The third-order valence-corrected chi connectivity index (χ3v) is 7.26. The molecule has 0 aliphatic heterocycles. The first-order valence-corrected chi connectivity index (χ1v) is 11.3. The molecule has 4 heteroatoms. The number of rotatable bonds is 7. The van der Waals surface area contributed by atoms with Crippen LogP contribution in [0.4, 0.5) is 13.2 Å². The van der Waals surface area contributed by atoms with Crippen LogP contribution >= 0.6 is 0 Å². The molecule has 1 aromatic rings. The number of hydrogen-bond donors (Lipinski definition) is 0. The number of ether oxygens (including phenoxy) is 1. The molecule has 0 bridgehead atoms. The molecule has 28 heavy (non-hydrogen) atoms. The summed E-state index contributed by atoms with van der Waals surface area (Å²) in [7, 11) is 0. The largest absolute Gasteiger partial charge is 0.573 e. The SMILES string of the molecule is CCCCCC1(c2ccc(OC(F)(F)F)cc2)CCC(C2CCCCC2)CC1. The molecule has 0 spiro atoms. The summed E-state index contributed by atoms with van der Waals surface area (Å²) in [6.45, 7) is 2.22. The highest BCUT2D eigenvalue weighted by Crippen LogP contribution is 2.49. The van der Waals surface area contributed by atoms with Gasteiger partial charge in [0.05, 0.1) is 0 Å². The van der Waals surface area contributed by atoms with Crippen LogP contribution in [-0.4, -0.2) is 6.36 Å². The van der Waals surface area contributed by atoms with Gasteiger partial charge in [-0.15, -0.1) is 13.2 Å². The average Bonchev–Trinajstić information content (AvgIpc) is 2.69. The van der Waals surface area contributed by atoms with Gasteiger partial charge in [-0.3, -0.25) is 0 Å². The molecule has 0 amide bonds. The van der Waals surface area contributed by atoms with E-state index >= 15 is 0 Å². The second-order valence-corrected chi connectivity index (χ2v) is 9.05. The van der Waals surface area contributed by atoms with Crippen LogP contribution in [0, 0.1) is 11.8 Å². The van der Waals surface area contributed by atoms with E-state index in [0.29, 0.717) is 0 Å².